The number of fused-ring (bicyclic) bond motifs is 3. The summed E-state index contributed by atoms with van der Waals surface area (Å²) >= 11 is 0. The highest BCUT2D eigenvalue weighted by atomic mass is 16.7. The Kier molecular flexibility index (Phi) is 7.94. The van der Waals surface area contributed by atoms with Gasteiger partial charge >= 0.3 is 18.0 Å². The van der Waals surface area contributed by atoms with Gasteiger partial charge in [-0.1, -0.05) is 55.1 Å². The number of amides is 1. The van der Waals surface area contributed by atoms with E-state index in [4.69, 9.17) is 24.1 Å². The van der Waals surface area contributed by atoms with E-state index in [1.54, 1.807) is 13.8 Å². The second-order valence-electron chi connectivity index (χ2n) is 9.55. The summed E-state index contributed by atoms with van der Waals surface area (Å²) in [6.07, 6.45) is -0.902. The van der Waals surface area contributed by atoms with E-state index >= 15 is 0 Å². The topological polar surface area (TPSA) is 120 Å². The predicted octanol–water partition coefficient (Wildman–Crippen LogP) is 4.01. The largest absolute Gasteiger partial charge is 0.479 e. The first-order valence-corrected chi connectivity index (χ1v) is 12.2. The van der Waals surface area contributed by atoms with Crippen LogP contribution in [0.4, 0.5) is 4.79 Å². The van der Waals surface area contributed by atoms with Crippen LogP contribution < -0.4 is 5.32 Å². The molecule has 1 fully saturated rings. The van der Waals surface area contributed by atoms with E-state index in [-0.39, 0.29) is 32.0 Å². The van der Waals surface area contributed by atoms with E-state index in [0.29, 0.717) is 0 Å². The number of aliphatic carboxylic acids is 1. The molecule has 3 atom stereocenters. The molecular formula is C28H31NO8. The first-order chi connectivity index (χ1) is 17.7. The summed E-state index contributed by atoms with van der Waals surface area (Å²) in [5.74, 6) is -1.93. The highest BCUT2D eigenvalue weighted by Crippen LogP contribution is 2.44. The highest BCUT2D eigenvalue weighted by molar-refractivity contribution is 5.82. The number of alkyl carbamates (subject to hydrolysis) is 1. The van der Waals surface area contributed by atoms with Crippen LogP contribution in [0.25, 0.3) is 11.1 Å². The molecule has 9 nitrogen and oxygen atoms in total. The third kappa shape index (κ3) is 6.18. The zero-order valence-electron chi connectivity index (χ0n) is 20.8. The molecule has 2 aliphatic rings. The summed E-state index contributed by atoms with van der Waals surface area (Å²) < 4.78 is 21.7. The van der Waals surface area contributed by atoms with E-state index in [1.165, 1.54) is 6.08 Å². The number of carboxylic acid groups (broad SMARTS) is 1. The second kappa shape index (κ2) is 11.1. The predicted molar refractivity (Wildman–Crippen MR) is 134 cm³/mol. The third-order valence-corrected chi connectivity index (χ3v) is 6.49. The smallest absolute Gasteiger partial charge is 0.407 e. The van der Waals surface area contributed by atoms with Gasteiger partial charge in [0.1, 0.15) is 18.2 Å². The SMILES string of the molecule is C=CC(C)(C)OC(=O)[C@H](CCC1OC[C@@H](C(=O)O)O1)NC(=O)OCC1c2ccccc2-c2ccccc21. The van der Waals surface area contributed by atoms with Crippen LogP contribution in [0, 0.1) is 0 Å². The van der Waals surface area contributed by atoms with Crippen molar-refractivity contribution in [2.75, 3.05) is 13.2 Å². The molecule has 1 amide bonds. The molecule has 0 bridgehead atoms. The highest BCUT2D eigenvalue weighted by Gasteiger charge is 2.35. The van der Waals surface area contributed by atoms with Crippen molar-refractivity contribution in [2.45, 2.75) is 56.6 Å². The van der Waals surface area contributed by atoms with Gasteiger partial charge in [-0.05, 0) is 48.6 Å². The molecule has 0 spiro atoms. The molecule has 2 aromatic carbocycles. The number of carbonyl (C=O) groups is 3. The number of benzene rings is 2. The molecule has 2 N–H and O–H groups in total. The van der Waals surface area contributed by atoms with Gasteiger partial charge in [0.05, 0.1) is 6.61 Å². The second-order valence-corrected chi connectivity index (χ2v) is 9.55. The summed E-state index contributed by atoms with van der Waals surface area (Å²) in [6.45, 7) is 7.01. The third-order valence-electron chi connectivity index (χ3n) is 6.49. The quantitative estimate of drug-likeness (QED) is 0.364. The van der Waals surface area contributed by atoms with Crippen LogP contribution in [-0.2, 0) is 28.5 Å². The zero-order valence-corrected chi connectivity index (χ0v) is 20.8. The number of nitrogens with one attached hydrogen (secondary N) is 1. The lowest BCUT2D eigenvalue weighted by Gasteiger charge is -2.25. The van der Waals surface area contributed by atoms with Crippen LogP contribution in [0.1, 0.15) is 43.7 Å². The minimum atomic E-state index is -1.12. The molecule has 0 radical (unpaired) electrons. The molecule has 196 valence electrons. The maximum absolute atomic E-state index is 12.9. The molecule has 1 saturated heterocycles. The number of rotatable bonds is 10. The van der Waals surface area contributed by atoms with Gasteiger partial charge in [0.15, 0.2) is 12.4 Å². The van der Waals surface area contributed by atoms with Crippen molar-refractivity contribution in [3.63, 3.8) is 0 Å². The van der Waals surface area contributed by atoms with Crippen LogP contribution in [0.5, 0.6) is 0 Å². The average Bonchev–Trinajstić information content (AvgIpc) is 3.48. The molecule has 0 saturated carbocycles. The summed E-state index contributed by atoms with van der Waals surface area (Å²) in [5.41, 5.74) is 3.41. The van der Waals surface area contributed by atoms with Gasteiger partial charge in [-0.25, -0.2) is 14.4 Å². The number of carboxylic acids is 1. The van der Waals surface area contributed by atoms with E-state index in [9.17, 15) is 14.4 Å². The number of carbonyl (C=O) groups excluding carboxylic acids is 2. The molecular weight excluding hydrogens is 478 g/mol. The Bertz CT molecular complexity index is 1130. The summed E-state index contributed by atoms with van der Waals surface area (Å²) in [4.78, 5) is 36.8. The van der Waals surface area contributed by atoms with E-state index in [1.807, 2.05) is 48.5 Å². The van der Waals surface area contributed by atoms with Crippen molar-refractivity contribution in [2.24, 2.45) is 0 Å². The van der Waals surface area contributed by atoms with Crippen molar-refractivity contribution in [1.82, 2.24) is 5.32 Å². The van der Waals surface area contributed by atoms with Crippen LogP contribution >= 0.6 is 0 Å². The number of esters is 1. The van der Waals surface area contributed by atoms with Crippen molar-refractivity contribution >= 4 is 18.0 Å². The van der Waals surface area contributed by atoms with Gasteiger partial charge in [-0.15, -0.1) is 0 Å². The van der Waals surface area contributed by atoms with Gasteiger partial charge in [0.2, 0.25) is 0 Å². The van der Waals surface area contributed by atoms with Crippen LogP contribution in [-0.4, -0.2) is 60.4 Å². The van der Waals surface area contributed by atoms with E-state index < -0.39 is 42.1 Å². The van der Waals surface area contributed by atoms with Gasteiger partial charge in [-0.3, -0.25) is 0 Å². The van der Waals surface area contributed by atoms with Crippen molar-refractivity contribution in [3.8, 4) is 11.1 Å². The molecule has 0 aromatic heterocycles. The molecule has 2 aromatic rings. The van der Waals surface area contributed by atoms with Crippen LogP contribution in [0.2, 0.25) is 0 Å². The van der Waals surface area contributed by atoms with E-state index in [0.717, 1.165) is 22.3 Å². The Labute approximate surface area is 215 Å². The fraction of sp³-hybridized carbons (Fsp3) is 0.393. The van der Waals surface area contributed by atoms with Crippen LogP contribution in [0.3, 0.4) is 0 Å². The maximum Gasteiger partial charge on any atom is 0.407 e. The van der Waals surface area contributed by atoms with E-state index in [2.05, 4.69) is 11.9 Å². The normalized spacial score (nSPS) is 19.4. The molecule has 4 rings (SSSR count). The number of hydrogen-bond donors (Lipinski definition) is 2. The zero-order chi connectivity index (χ0) is 26.6. The van der Waals surface area contributed by atoms with Gasteiger partial charge in [-0.2, -0.15) is 0 Å². The standard InChI is InChI=1S/C28H31NO8/c1-4-28(2,3)37-26(32)22(13-14-24-34-16-23(36-24)25(30)31)29-27(33)35-15-21-19-11-7-5-9-17(19)18-10-6-8-12-20(18)21/h4-12,21-24H,1,13-16H2,2-3H3,(H,29,33)(H,30,31)/t22-,23-,24?/m0/s1. The number of hydrogen-bond acceptors (Lipinski definition) is 7. The first kappa shape index (κ1) is 26.4. The lowest BCUT2D eigenvalue weighted by molar-refractivity contribution is -0.157. The fourth-order valence-electron chi connectivity index (χ4n) is 4.44. The van der Waals surface area contributed by atoms with Crippen molar-refractivity contribution < 1.29 is 38.4 Å². The van der Waals surface area contributed by atoms with Gasteiger partial charge in [0, 0.05) is 12.3 Å². The first-order valence-electron chi connectivity index (χ1n) is 12.2. The molecule has 1 aliphatic heterocycles. The summed E-state index contributed by atoms with van der Waals surface area (Å²) in [7, 11) is 0. The molecule has 1 unspecified atom stereocenters. The number of ether oxygens (including phenoxy) is 4. The molecule has 37 heavy (non-hydrogen) atoms. The van der Waals surface area contributed by atoms with Gasteiger partial charge in [0.25, 0.3) is 0 Å². The minimum Gasteiger partial charge on any atom is -0.479 e. The minimum absolute atomic E-state index is 0.0849. The Morgan fingerprint density at radius 1 is 1.14 bits per heavy atom. The lowest BCUT2D eigenvalue weighted by Crippen LogP contribution is -2.45. The maximum atomic E-state index is 12.9. The monoisotopic (exact) mass is 509 g/mol. The lowest BCUT2D eigenvalue weighted by atomic mass is 9.98. The molecule has 1 heterocycles. The average molecular weight is 510 g/mol. The molecule has 1 aliphatic carbocycles. The van der Waals surface area contributed by atoms with Crippen molar-refractivity contribution in [1.29, 1.82) is 0 Å². The Hall–Kier alpha value is -3.69. The summed E-state index contributed by atoms with van der Waals surface area (Å²) in [5, 5.41) is 11.7. The Morgan fingerprint density at radius 2 is 1.76 bits per heavy atom. The Balaban J connectivity index is 1.40. The fourth-order valence-corrected chi connectivity index (χ4v) is 4.44. The summed E-state index contributed by atoms with van der Waals surface area (Å²) in [6, 6.07) is 14.9. The molecule has 9 heteroatoms. The Morgan fingerprint density at radius 3 is 2.32 bits per heavy atom. The van der Waals surface area contributed by atoms with Gasteiger partial charge < -0.3 is 29.4 Å². The van der Waals surface area contributed by atoms with Crippen molar-refractivity contribution in [3.05, 3.63) is 72.3 Å². The van der Waals surface area contributed by atoms with Crippen LogP contribution in [0.15, 0.2) is 61.2 Å².